The fourth-order valence-electron chi connectivity index (χ4n) is 3.82. The third-order valence-corrected chi connectivity index (χ3v) is 5.28. The van der Waals surface area contributed by atoms with Crippen LogP contribution in [-0.2, 0) is 17.6 Å². The fraction of sp³-hybridized carbons (Fsp3) is 0.409. The van der Waals surface area contributed by atoms with Crippen LogP contribution in [0.15, 0.2) is 48.5 Å². The molecule has 0 spiro atoms. The minimum absolute atomic E-state index is 0. The highest BCUT2D eigenvalue weighted by molar-refractivity contribution is 5.85. The average molecular weight is 391 g/mol. The summed E-state index contributed by atoms with van der Waals surface area (Å²) in [5.74, 6) is -0.0441. The number of rotatable bonds is 7. The van der Waals surface area contributed by atoms with Crippen molar-refractivity contribution in [2.75, 3.05) is 12.3 Å². The maximum Gasteiger partial charge on any atom is 0.223 e. The van der Waals surface area contributed by atoms with E-state index in [0.29, 0.717) is 31.8 Å². The summed E-state index contributed by atoms with van der Waals surface area (Å²) < 4.78 is 13.4. The zero-order valence-corrected chi connectivity index (χ0v) is 16.4. The largest absolute Gasteiger partial charge is 0.399 e. The first-order valence-corrected chi connectivity index (χ1v) is 9.51. The van der Waals surface area contributed by atoms with E-state index in [-0.39, 0.29) is 24.1 Å². The number of aryl methyl sites for hydroxylation is 1. The highest BCUT2D eigenvalue weighted by Gasteiger charge is 2.26. The van der Waals surface area contributed by atoms with Gasteiger partial charge in [0.2, 0.25) is 5.91 Å². The molecule has 0 bridgehead atoms. The van der Waals surface area contributed by atoms with Crippen LogP contribution in [-0.4, -0.2) is 23.4 Å². The number of para-hydroxylation sites is 1. The van der Waals surface area contributed by atoms with Crippen molar-refractivity contribution in [3.05, 3.63) is 65.5 Å². The minimum Gasteiger partial charge on any atom is -0.399 e. The first-order valence-electron chi connectivity index (χ1n) is 9.51. The molecule has 1 fully saturated rings. The lowest BCUT2D eigenvalue weighted by Crippen LogP contribution is -2.40. The smallest absolute Gasteiger partial charge is 0.223 e. The van der Waals surface area contributed by atoms with Crippen LogP contribution in [0, 0.1) is 5.82 Å². The standard InChI is InChI=1S/C22H27FN2O.ClH/c23-19-8-5-6-17(16-19)14-15-25(20-9-2-3-10-20)22(26)13-12-18-7-1-4-11-21(18)24;/h1,4-8,11,16,20H,2-3,9-10,12-15,24H2;1H. The van der Waals surface area contributed by atoms with Crippen molar-refractivity contribution in [2.45, 2.75) is 51.0 Å². The van der Waals surface area contributed by atoms with Gasteiger partial charge in [-0.15, -0.1) is 12.4 Å². The van der Waals surface area contributed by atoms with Gasteiger partial charge in [0.05, 0.1) is 0 Å². The number of anilines is 1. The van der Waals surface area contributed by atoms with Gasteiger partial charge >= 0.3 is 0 Å². The van der Waals surface area contributed by atoms with Crippen LogP contribution in [0.3, 0.4) is 0 Å². The third kappa shape index (κ3) is 5.96. The number of carbonyl (C=O) groups is 1. The quantitative estimate of drug-likeness (QED) is 0.692. The number of hydrogen-bond donors (Lipinski definition) is 1. The van der Waals surface area contributed by atoms with Gasteiger partial charge in [0.25, 0.3) is 0 Å². The Morgan fingerprint density at radius 1 is 1.07 bits per heavy atom. The number of hydrogen-bond acceptors (Lipinski definition) is 2. The van der Waals surface area contributed by atoms with Crippen LogP contribution >= 0.6 is 12.4 Å². The SMILES string of the molecule is Cl.Nc1ccccc1CCC(=O)N(CCc1cccc(F)c1)C1CCCC1. The van der Waals surface area contributed by atoms with Gasteiger partial charge in [-0.3, -0.25) is 4.79 Å². The number of carbonyl (C=O) groups excluding carboxylic acids is 1. The summed E-state index contributed by atoms with van der Waals surface area (Å²) in [6, 6.07) is 14.7. The van der Waals surface area contributed by atoms with Gasteiger partial charge in [-0.2, -0.15) is 0 Å². The van der Waals surface area contributed by atoms with Gasteiger partial charge in [0, 0.05) is 24.7 Å². The molecule has 0 atom stereocenters. The van der Waals surface area contributed by atoms with Gasteiger partial charge in [0.1, 0.15) is 5.82 Å². The Labute approximate surface area is 167 Å². The van der Waals surface area contributed by atoms with Crippen molar-refractivity contribution in [3.8, 4) is 0 Å². The van der Waals surface area contributed by atoms with Crippen LogP contribution in [0.25, 0.3) is 0 Å². The predicted molar refractivity (Wildman–Crippen MR) is 110 cm³/mol. The van der Waals surface area contributed by atoms with Crippen LogP contribution < -0.4 is 5.73 Å². The minimum atomic E-state index is -0.221. The topological polar surface area (TPSA) is 46.3 Å². The van der Waals surface area contributed by atoms with Gasteiger partial charge in [0.15, 0.2) is 0 Å². The van der Waals surface area contributed by atoms with Gasteiger partial charge in [-0.25, -0.2) is 4.39 Å². The van der Waals surface area contributed by atoms with Crippen molar-refractivity contribution in [3.63, 3.8) is 0 Å². The van der Waals surface area contributed by atoms with Crippen molar-refractivity contribution in [1.29, 1.82) is 0 Å². The monoisotopic (exact) mass is 390 g/mol. The summed E-state index contributed by atoms with van der Waals surface area (Å²) in [5, 5.41) is 0. The zero-order valence-electron chi connectivity index (χ0n) is 15.6. The van der Waals surface area contributed by atoms with E-state index in [1.807, 2.05) is 35.2 Å². The van der Waals surface area contributed by atoms with Crippen molar-refractivity contribution in [1.82, 2.24) is 4.90 Å². The molecule has 1 aliphatic rings. The van der Waals surface area contributed by atoms with E-state index in [9.17, 15) is 9.18 Å². The van der Waals surface area contributed by atoms with Crippen LogP contribution in [0.5, 0.6) is 0 Å². The Kier molecular flexibility index (Phi) is 8.11. The lowest BCUT2D eigenvalue weighted by atomic mass is 10.1. The first kappa shape index (κ1) is 21.2. The van der Waals surface area contributed by atoms with Crippen LogP contribution in [0.4, 0.5) is 10.1 Å². The molecule has 2 aromatic carbocycles. The number of nitrogen functional groups attached to an aromatic ring is 1. The number of halogens is 2. The van der Waals surface area contributed by atoms with Crippen molar-refractivity contribution in [2.24, 2.45) is 0 Å². The summed E-state index contributed by atoms with van der Waals surface area (Å²) in [6.45, 7) is 0.650. The molecule has 0 radical (unpaired) electrons. The van der Waals surface area contributed by atoms with Gasteiger partial charge < -0.3 is 10.6 Å². The molecule has 3 rings (SSSR count). The molecule has 0 aromatic heterocycles. The van der Waals surface area contributed by atoms with Gasteiger partial charge in [-0.1, -0.05) is 43.2 Å². The lowest BCUT2D eigenvalue weighted by molar-refractivity contribution is -0.133. The molecule has 2 aromatic rings. The second kappa shape index (κ2) is 10.3. The van der Waals surface area contributed by atoms with Gasteiger partial charge in [-0.05, 0) is 55.0 Å². The second-order valence-corrected chi connectivity index (χ2v) is 7.10. The summed E-state index contributed by atoms with van der Waals surface area (Å²) >= 11 is 0. The molecular weight excluding hydrogens is 363 g/mol. The van der Waals surface area contributed by atoms with E-state index in [1.165, 1.54) is 18.9 Å². The molecule has 0 saturated heterocycles. The Balaban J connectivity index is 0.00000261. The maximum atomic E-state index is 13.4. The Morgan fingerprint density at radius 2 is 1.81 bits per heavy atom. The van der Waals surface area contributed by atoms with E-state index in [4.69, 9.17) is 5.73 Å². The molecule has 1 amide bonds. The molecule has 3 nitrogen and oxygen atoms in total. The molecular formula is C22H28ClFN2O. The fourth-order valence-corrected chi connectivity index (χ4v) is 3.82. The molecule has 146 valence electrons. The number of amides is 1. The summed E-state index contributed by atoms with van der Waals surface area (Å²) in [7, 11) is 0. The number of benzene rings is 2. The molecule has 27 heavy (non-hydrogen) atoms. The van der Waals surface area contributed by atoms with E-state index >= 15 is 0 Å². The Hall–Kier alpha value is -2.07. The zero-order chi connectivity index (χ0) is 18.4. The first-order chi connectivity index (χ1) is 12.6. The predicted octanol–water partition coefficient (Wildman–Crippen LogP) is 4.78. The van der Waals surface area contributed by atoms with Crippen molar-refractivity contribution < 1.29 is 9.18 Å². The Morgan fingerprint density at radius 3 is 2.52 bits per heavy atom. The number of nitrogens with two attached hydrogens (primary N) is 1. The third-order valence-electron chi connectivity index (χ3n) is 5.28. The molecule has 5 heteroatoms. The molecule has 2 N–H and O–H groups in total. The highest BCUT2D eigenvalue weighted by Crippen LogP contribution is 2.25. The summed E-state index contributed by atoms with van der Waals surface area (Å²) in [6.07, 6.45) is 6.32. The lowest BCUT2D eigenvalue weighted by Gasteiger charge is -2.29. The molecule has 0 aliphatic heterocycles. The van der Waals surface area contributed by atoms with Crippen molar-refractivity contribution >= 4 is 24.0 Å². The molecule has 1 aliphatic carbocycles. The summed E-state index contributed by atoms with van der Waals surface area (Å²) in [5.41, 5.74) is 8.70. The maximum absolute atomic E-state index is 13.4. The van der Waals surface area contributed by atoms with E-state index in [2.05, 4.69) is 0 Å². The van der Waals surface area contributed by atoms with E-state index in [1.54, 1.807) is 12.1 Å². The van der Waals surface area contributed by atoms with Crippen LogP contribution in [0.2, 0.25) is 0 Å². The van der Waals surface area contributed by atoms with E-state index in [0.717, 1.165) is 29.7 Å². The molecule has 0 heterocycles. The highest BCUT2D eigenvalue weighted by atomic mass is 35.5. The molecule has 0 unspecified atom stereocenters. The van der Waals surface area contributed by atoms with Crippen LogP contribution in [0.1, 0.15) is 43.2 Å². The molecule has 1 saturated carbocycles. The number of nitrogens with zero attached hydrogens (tertiary/aromatic N) is 1. The summed E-state index contributed by atoms with van der Waals surface area (Å²) in [4.78, 5) is 14.9. The second-order valence-electron chi connectivity index (χ2n) is 7.10. The average Bonchev–Trinajstić information content (AvgIpc) is 3.16. The normalized spacial score (nSPS) is 14.0. The Bertz CT molecular complexity index is 747. The van der Waals surface area contributed by atoms with E-state index < -0.39 is 0 Å².